The number of hydrogen-bond acceptors (Lipinski definition) is 3. The standard InChI is InChI=1S/C16H26BrNOS/c1-4-19-16(7-5-15(2,3)6-8-16)14(18)10-13-9-12(17)11-20-13/h9,11,14H,4-8,10,18H2,1-3H3. The van der Waals surface area contributed by atoms with E-state index in [4.69, 9.17) is 10.5 Å². The van der Waals surface area contributed by atoms with E-state index < -0.39 is 0 Å². The molecule has 4 heteroatoms. The van der Waals surface area contributed by atoms with Crippen LogP contribution in [0.5, 0.6) is 0 Å². The van der Waals surface area contributed by atoms with E-state index in [9.17, 15) is 0 Å². The zero-order valence-electron chi connectivity index (χ0n) is 12.7. The van der Waals surface area contributed by atoms with Crippen LogP contribution in [0.4, 0.5) is 0 Å². The van der Waals surface area contributed by atoms with Crippen molar-refractivity contribution in [1.29, 1.82) is 0 Å². The average molecular weight is 360 g/mol. The fourth-order valence-corrected chi connectivity index (χ4v) is 4.63. The Morgan fingerprint density at radius 2 is 2.00 bits per heavy atom. The summed E-state index contributed by atoms with van der Waals surface area (Å²) in [5, 5.41) is 2.12. The maximum atomic E-state index is 6.57. The van der Waals surface area contributed by atoms with Crippen molar-refractivity contribution in [3.63, 3.8) is 0 Å². The highest BCUT2D eigenvalue weighted by atomic mass is 79.9. The van der Waals surface area contributed by atoms with Gasteiger partial charge in [-0.1, -0.05) is 13.8 Å². The number of halogens is 1. The van der Waals surface area contributed by atoms with Crippen molar-refractivity contribution in [2.24, 2.45) is 11.1 Å². The van der Waals surface area contributed by atoms with E-state index in [2.05, 4.69) is 48.1 Å². The van der Waals surface area contributed by atoms with Crippen molar-refractivity contribution >= 4 is 27.3 Å². The highest BCUT2D eigenvalue weighted by molar-refractivity contribution is 9.10. The van der Waals surface area contributed by atoms with Crippen molar-refractivity contribution in [3.05, 3.63) is 20.8 Å². The van der Waals surface area contributed by atoms with Crippen LogP contribution in [0.2, 0.25) is 0 Å². The lowest BCUT2D eigenvalue weighted by molar-refractivity contribution is -0.0986. The summed E-state index contributed by atoms with van der Waals surface area (Å²) in [5.41, 5.74) is 6.88. The molecule has 0 aliphatic heterocycles. The lowest BCUT2D eigenvalue weighted by atomic mass is 9.68. The Bertz CT molecular complexity index is 433. The second kappa shape index (κ2) is 6.47. The van der Waals surface area contributed by atoms with Gasteiger partial charge in [0, 0.05) is 27.4 Å². The number of hydrogen-bond donors (Lipinski definition) is 1. The number of rotatable bonds is 5. The third-order valence-corrected chi connectivity index (χ3v) is 6.32. The van der Waals surface area contributed by atoms with Gasteiger partial charge >= 0.3 is 0 Å². The van der Waals surface area contributed by atoms with Crippen LogP contribution in [0, 0.1) is 5.41 Å². The molecule has 1 aliphatic rings. The van der Waals surface area contributed by atoms with E-state index in [1.165, 1.54) is 17.7 Å². The second-order valence-corrected chi connectivity index (χ2v) is 8.62. The molecular formula is C16H26BrNOS. The summed E-state index contributed by atoms with van der Waals surface area (Å²) in [4.78, 5) is 1.34. The SMILES string of the molecule is CCOC1(C(N)Cc2cc(Br)cs2)CCC(C)(C)CC1. The summed E-state index contributed by atoms with van der Waals surface area (Å²) in [7, 11) is 0. The van der Waals surface area contributed by atoms with Crippen LogP contribution in [0.15, 0.2) is 15.9 Å². The predicted molar refractivity (Wildman–Crippen MR) is 90.3 cm³/mol. The number of thiophene rings is 1. The molecule has 0 saturated heterocycles. The molecular weight excluding hydrogens is 334 g/mol. The van der Waals surface area contributed by atoms with Crippen molar-refractivity contribution in [2.45, 2.75) is 64.5 Å². The van der Waals surface area contributed by atoms with Crippen LogP contribution in [0.25, 0.3) is 0 Å². The zero-order chi connectivity index (χ0) is 14.8. The molecule has 1 saturated carbocycles. The van der Waals surface area contributed by atoms with E-state index in [-0.39, 0.29) is 11.6 Å². The minimum Gasteiger partial charge on any atom is -0.374 e. The lowest BCUT2D eigenvalue weighted by Gasteiger charge is -2.46. The highest BCUT2D eigenvalue weighted by Crippen LogP contribution is 2.44. The van der Waals surface area contributed by atoms with Gasteiger partial charge in [-0.15, -0.1) is 11.3 Å². The monoisotopic (exact) mass is 359 g/mol. The molecule has 2 rings (SSSR count). The largest absolute Gasteiger partial charge is 0.374 e. The molecule has 1 unspecified atom stereocenters. The topological polar surface area (TPSA) is 35.2 Å². The molecule has 1 aromatic heterocycles. The van der Waals surface area contributed by atoms with Gasteiger partial charge in [-0.05, 0) is 66.4 Å². The summed E-state index contributed by atoms with van der Waals surface area (Å²) in [6, 6.07) is 2.26. The van der Waals surface area contributed by atoms with Crippen molar-refractivity contribution in [2.75, 3.05) is 6.61 Å². The van der Waals surface area contributed by atoms with E-state index in [0.29, 0.717) is 5.41 Å². The first-order valence-corrected chi connectivity index (χ1v) is 9.17. The van der Waals surface area contributed by atoms with Gasteiger partial charge < -0.3 is 10.5 Å². The lowest BCUT2D eigenvalue weighted by Crippen LogP contribution is -2.54. The fraction of sp³-hybridized carbons (Fsp3) is 0.750. The summed E-state index contributed by atoms with van der Waals surface area (Å²) < 4.78 is 7.33. The van der Waals surface area contributed by atoms with Crippen molar-refractivity contribution in [3.8, 4) is 0 Å². The van der Waals surface area contributed by atoms with Crippen LogP contribution in [0.1, 0.15) is 51.3 Å². The highest BCUT2D eigenvalue weighted by Gasteiger charge is 2.43. The van der Waals surface area contributed by atoms with Crippen LogP contribution in [-0.2, 0) is 11.2 Å². The molecule has 0 aromatic carbocycles. The first kappa shape index (κ1) is 16.5. The Labute approximate surface area is 135 Å². The third kappa shape index (κ3) is 3.85. The summed E-state index contributed by atoms with van der Waals surface area (Å²) in [6.07, 6.45) is 5.49. The molecule has 1 aliphatic carbocycles. The summed E-state index contributed by atoms with van der Waals surface area (Å²) in [5.74, 6) is 0. The zero-order valence-corrected chi connectivity index (χ0v) is 15.1. The summed E-state index contributed by atoms with van der Waals surface area (Å²) >= 11 is 5.29. The van der Waals surface area contributed by atoms with E-state index in [0.717, 1.165) is 30.3 Å². The van der Waals surface area contributed by atoms with Gasteiger partial charge in [-0.2, -0.15) is 0 Å². The molecule has 2 N–H and O–H groups in total. The molecule has 1 fully saturated rings. The molecule has 2 nitrogen and oxygen atoms in total. The molecule has 1 atom stereocenters. The van der Waals surface area contributed by atoms with Gasteiger partial charge in [0.05, 0.1) is 5.60 Å². The van der Waals surface area contributed by atoms with Gasteiger partial charge in [0.2, 0.25) is 0 Å². The van der Waals surface area contributed by atoms with Gasteiger partial charge in [0.25, 0.3) is 0 Å². The van der Waals surface area contributed by atoms with Crippen molar-refractivity contribution in [1.82, 2.24) is 0 Å². The third-order valence-electron chi connectivity index (χ3n) is 4.60. The van der Waals surface area contributed by atoms with Crippen LogP contribution >= 0.6 is 27.3 Å². The van der Waals surface area contributed by atoms with Crippen molar-refractivity contribution < 1.29 is 4.74 Å². The molecule has 0 amide bonds. The molecule has 20 heavy (non-hydrogen) atoms. The maximum Gasteiger partial charge on any atom is 0.0836 e. The van der Waals surface area contributed by atoms with E-state index in [1.54, 1.807) is 11.3 Å². The fourth-order valence-electron chi connectivity index (χ4n) is 3.12. The quantitative estimate of drug-likeness (QED) is 0.822. The molecule has 0 spiro atoms. The first-order chi connectivity index (χ1) is 9.37. The molecule has 1 aromatic rings. The Balaban J connectivity index is 2.07. The minimum atomic E-state index is -0.124. The normalized spacial score (nSPS) is 22.6. The Morgan fingerprint density at radius 1 is 1.35 bits per heavy atom. The van der Waals surface area contributed by atoms with E-state index >= 15 is 0 Å². The van der Waals surface area contributed by atoms with E-state index in [1.807, 2.05) is 0 Å². The van der Waals surface area contributed by atoms with Crippen LogP contribution in [0.3, 0.4) is 0 Å². The van der Waals surface area contributed by atoms with Gasteiger partial charge in [0.1, 0.15) is 0 Å². The molecule has 114 valence electrons. The van der Waals surface area contributed by atoms with Gasteiger partial charge in [0.15, 0.2) is 0 Å². The Morgan fingerprint density at radius 3 is 2.50 bits per heavy atom. The average Bonchev–Trinajstić information content (AvgIpc) is 2.78. The first-order valence-electron chi connectivity index (χ1n) is 7.49. The maximum absolute atomic E-state index is 6.57. The van der Waals surface area contributed by atoms with Gasteiger partial charge in [-0.3, -0.25) is 0 Å². The number of ether oxygens (including phenoxy) is 1. The Hall–Kier alpha value is 0.1000. The summed E-state index contributed by atoms with van der Waals surface area (Å²) in [6.45, 7) is 7.54. The second-order valence-electron chi connectivity index (χ2n) is 6.70. The number of nitrogens with two attached hydrogens (primary N) is 1. The molecule has 1 heterocycles. The smallest absolute Gasteiger partial charge is 0.0836 e. The van der Waals surface area contributed by atoms with Crippen LogP contribution < -0.4 is 5.73 Å². The Kier molecular flexibility index (Phi) is 5.33. The molecule has 0 bridgehead atoms. The molecule has 0 radical (unpaired) electrons. The van der Waals surface area contributed by atoms with Gasteiger partial charge in [-0.25, -0.2) is 0 Å². The predicted octanol–water partition coefficient (Wildman–Crippen LogP) is 4.76. The van der Waals surface area contributed by atoms with Crippen LogP contribution in [-0.4, -0.2) is 18.2 Å². The minimum absolute atomic E-state index is 0.0871.